The lowest BCUT2D eigenvalue weighted by molar-refractivity contribution is -0.122. The maximum atomic E-state index is 10.6. The Bertz CT molecular complexity index is 101. The molecule has 1 unspecified atom stereocenters. The smallest absolute Gasteiger partial charge is 0.234 e. The van der Waals surface area contributed by atoms with Gasteiger partial charge >= 0.3 is 0 Å². The molecule has 9 heavy (non-hydrogen) atoms. The number of hydrogen-bond donors (Lipinski definition) is 1. The lowest BCUT2D eigenvalue weighted by Gasteiger charge is -2.18. The van der Waals surface area contributed by atoms with E-state index in [1.54, 1.807) is 0 Å². The van der Waals surface area contributed by atoms with Crippen molar-refractivity contribution in [2.45, 2.75) is 19.4 Å². The van der Waals surface area contributed by atoms with Crippen molar-refractivity contribution in [1.82, 2.24) is 4.90 Å². The van der Waals surface area contributed by atoms with E-state index in [4.69, 9.17) is 5.73 Å². The summed E-state index contributed by atoms with van der Waals surface area (Å²) >= 11 is 0. The van der Waals surface area contributed by atoms with Crippen LogP contribution < -0.4 is 5.73 Å². The topological polar surface area (TPSA) is 46.3 Å². The zero-order valence-electron chi connectivity index (χ0n) is 6.22. The highest BCUT2D eigenvalue weighted by Gasteiger charge is 2.13. The van der Waals surface area contributed by atoms with E-state index >= 15 is 0 Å². The summed E-state index contributed by atoms with van der Waals surface area (Å²) in [6, 6.07) is -0.106. The Hall–Kier alpha value is -0.570. The van der Waals surface area contributed by atoms with Crippen molar-refractivity contribution in [3.8, 4) is 0 Å². The van der Waals surface area contributed by atoms with Gasteiger partial charge < -0.3 is 5.73 Å². The first-order chi connectivity index (χ1) is 4.09. The predicted octanol–water partition coefficient (Wildman–Crippen LogP) is -0.188. The number of hydrogen-bond acceptors (Lipinski definition) is 2. The first-order valence-electron chi connectivity index (χ1n) is 3.05. The van der Waals surface area contributed by atoms with E-state index in [-0.39, 0.29) is 11.9 Å². The van der Waals surface area contributed by atoms with Crippen LogP contribution in [0.4, 0.5) is 0 Å². The Labute approximate surface area is 55.8 Å². The highest BCUT2D eigenvalue weighted by Crippen LogP contribution is 1.95. The number of nitrogens with zero attached hydrogens (tertiary/aromatic N) is 1. The summed E-state index contributed by atoms with van der Waals surface area (Å²) in [5.74, 6) is -0.248. The van der Waals surface area contributed by atoms with Crippen LogP contribution in [0.2, 0.25) is 0 Å². The van der Waals surface area contributed by atoms with Gasteiger partial charge in [-0.1, -0.05) is 6.92 Å². The van der Waals surface area contributed by atoms with Crippen molar-refractivity contribution < 1.29 is 4.79 Å². The Morgan fingerprint density at radius 3 is 2.11 bits per heavy atom. The van der Waals surface area contributed by atoms with Crippen molar-refractivity contribution in [2.75, 3.05) is 14.1 Å². The second-order valence-electron chi connectivity index (χ2n) is 2.29. The molecule has 3 nitrogen and oxygen atoms in total. The predicted molar refractivity (Wildman–Crippen MR) is 37.0 cm³/mol. The molecule has 0 aromatic heterocycles. The maximum Gasteiger partial charge on any atom is 0.234 e. The monoisotopic (exact) mass is 130 g/mol. The minimum absolute atomic E-state index is 0.106. The third-order valence-electron chi connectivity index (χ3n) is 1.34. The molecule has 0 bridgehead atoms. The Balaban J connectivity index is 3.83. The third-order valence-corrected chi connectivity index (χ3v) is 1.34. The van der Waals surface area contributed by atoms with Gasteiger partial charge in [0.2, 0.25) is 5.91 Å². The van der Waals surface area contributed by atoms with Crippen LogP contribution >= 0.6 is 0 Å². The van der Waals surface area contributed by atoms with E-state index in [0.717, 1.165) is 6.42 Å². The molecule has 0 rings (SSSR count). The van der Waals surface area contributed by atoms with Gasteiger partial charge in [-0.15, -0.1) is 0 Å². The molecule has 0 spiro atoms. The molecular formula is C6H14N2O. The quantitative estimate of drug-likeness (QED) is 0.575. The molecule has 3 heteroatoms. The molecule has 0 fully saturated rings. The van der Waals surface area contributed by atoms with Crippen LogP contribution in [0.25, 0.3) is 0 Å². The van der Waals surface area contributed by atoms with Gasteiger partial charge in [0.1, 0.15) is 0 Å². The third kappa shape index (κ3) is 2.46. The summed E-state index contributed by atoms with van der Waals surface area (Å²) in [6.07, 6.45) is 0.780. The molecule has 1 amide bonds. The van der Waals surface area contributed by atoms with E-state index < -0.39 is 0 Å². The van der Waals surface area contributed by atoms with Crippen molar-refractivity contribution in [3.05, 3.63) is 0 Å². The average molecular weight is 130 g/mol. The van der Waals surface area contributed by atoms with Crippen LogP contribution in [0.3, 0.4) is 0 Å². The van der Waals surface area contributed by atoms with Crippen LogP contribution in [0.5, 0.6) is 0 Å². The van der Waals surface area contributed by atoms with E-state index in [1.165, 1.54) is 0 Å². The zero-order valence-corrected chi connectivity index (χ0v) is 6.22. The van der Waals surface area contributed by atoms with Gasteiger partial charge in [0.05, 0.1) is 6.04 Å². The number of carbonyl (C=O) groups is 1. The molecule has 1 atom stereocenters. The number of carbonyl (C=O) groups excluding carboxylic acids is 1. The number of nitrogens with two attached hydrogens (primary N) is 1. The summed E-state index contributed by atoms with van der Waals surface area (Å²) in [5.41, 5.74) is 5.07. The Morgan fingerprint density at radius 1 is 1.67 bits per heavy atom. The van der Waals surface area contributed by atoms with Crippen molar-refractivity contribution in [1.29, 1.82) is 0 Å². The number of amides is 1. The average Bonchev–Trinajstić information content (AvgIpc) is 1.64. The zero-order chi connectivity index (χ0) is 7.44. The summed E-state index contributed by atoms with van der Waals surface area (Å²) in [6.45, 7) is 1.94. The molecule has 0 heterocycles. The fourth-order valence-electron chi connectivity index (χ4n) is 0.821. The fourth-order valence-corrected chi connectivity index (χ4v) is 0.821. The standard InChI is InChI=1S/C6H14N2O/c1-4-5(6(7)9)8(2)3/h5H,4H2,1-3H3,(H2,7,9). The van der Waals surface area contributed by atoms with Crippen LogP contribution in [-0.4, -0.2) is 30.9 Å². The van der Waals surface area contributed by atoms with Gasteiger partial charge in [-0.05, 0) is 20.5 Å². The Morgan fingerprint density at radius 2 is 2.11 bits per heavy atom. The molecule has 0 aliphatic carbocycles. The van der Waals surface area contributed by atoms with Crippen LogP contribution in [-0.2, 0) is 4.79 Å². The minimum Gasteiger partial charge on any atom is -0.368 e. The second kappa shape index (κ2) is 3.45. The lowest BCUT2D eigenvalue weighted by atomic mass is 10.2. The highest BCUT2D eigenvalue weighted by atomic mass is 16.1. The maximum absolute atomic E-state index is 10.6. The van der Waals surface area contributed by atoms with Gasteiger partial charge in [-0.25, -0.2) is 0 Å². The van der Waals surface area contributed by atoms with Crippen LogP contribution in [0, 0.1) is 0 Å². The highest BCUT2D eigenvalue weighted by molar-refractivity contribution is 5.79. The van der Waals surface area contributed by atoms with Gasteiger partial charge in [-0.3, -0.25) is 9.69 Å². The van der Waals surface area contributed by atoms with Crippen LogP contribution in [0.1, 0.15) is 13.3 Å². The molecular weight excluding hydrogens is 116 g/mol. The van der Waals surface area contributed by atoms with Gasteiger partial charge in [0, 0.05) is 0 Å². The first kappa shape index (κ1) is 8.43. The van der Waals surface area contributed by atoms with Crippen LogP contribution in [0.15, 0.2) is 0 Å². The molecule has 0 aromatic carbocycles. The molecule has 54 valence electrons. The van der Waals surface area contributed by atoms with Crippen molar-refractivity contribution >= 4 is 5.91 Å². The summed E-state index contributed by atoms with van der Waals surface area (Å²) in [5, 5.41) is 0. The van der Waals surface area contributed by atoms with E-state index in [1.807, 2.05) is 25.9 Å². The van der Waals surface area contributed by atoms with E-state index in [9.17, 15) is 4.79 Å². The molecule has 0 saturated carbocycles. The van der Waals surface area contributed by atoms with Crippen molar-refractivity contribution in [2.24, 2.45) is 5.73 Å². The SMILES string of the molecule is CCC(C(N)=O)N(C)C. The minimum atomic E-state index is -0.248. The summed E-state index contributed by atoms with van der Waals surface area (Å²) < 4.78 is 0. The first-order valence-corrected chi connectivity index (χ1v) is 3.05. The molecule has 0 radical (unpaired) electrons. The van der Waals surface area contributed by atoms with E-state index in [2.05, 4.69) is 0 Å². The molecule has 0 aliphatic rings. The lowest BCUT2D eigenvalue weighted by Crippen LogP contribution is -2.39. The van der Waals surface area contributed by atoms with Gasteiger partial charge in [0.15, 0.2) is 0 Å². The van der Waals surface area contributed by atoms with E-state index in [0.29, 0.717) is 0 Å². The molecule has 2 N–H and O–H groups in total. The number of likely N-dealkylation sites (N-methyl/N-ethyl adjacent to an activating group) is 1. The second-order valence-corrected chi connectivity index (χ2v) is 2.29. The summed E-state index contributed by atoms with van der Waals surface area (Å²) in [4.78, 5) is 12.4. The molecule has 0 aliphatic heterocycles. The Kier molecular flexibility index (Phi) is 3.24. The van der Waals surface area contributed by atoms with Gasteiger partial charge in [-0.2, -0.15) is 0 Å². The van der Waals surface area contributed by atoms with Gasteiger partial charge in [0.25, 0.3) is 0 Å². The molecule has 0 aromatic rings. The van der Waals surface area contributed by atoms with Crippen molar-refractivity contribution in [3.63, 3.8) is 0 Å². The normalized spacial score (nSPS) is 13.8. The number of rotatable bonds is 3. The summed E-state index contributed by atoms with van der Waals surface area (Å²) in [7, 11) is 3.69. The largest absolute Gasteiger partial charge is 0.368 e. The fraction of sp³-hybridized carbons (Fsp3) is 0.833. The molecule has 0 saturated heterocycles. The number of primary amides is 1.